The predicted molar refractivity (Wildman–Crippen MR) is 107 cm³/mol. The summed E-state index contributed by atoms with van der Waals surface area (Å²) >= 11 is 5.90. The molecular formula is C21H21ClO5. The van der Waals surface area contributed by atoms with E-state index in [4.69, 9.17) is 30.5 Å². The number of hydrogen-bond acceptors (Lipinski definition) is 5. The Morgan fingerprint density at radius 3 is 2.33 bits per heavy atom. The molecule has 27 heavy (non-hydrogen) atoms. The monoisotopic (exact) mass is 388 g/mol. The van der Waals surface area contributed by atoms with Crippen LogP contribution in [0.15, 0.2) is 48.6 Å². The highest BCUT2D eigenvalue weighted by Gasteiger charge is 2.09. The van der Waals surface area contributed by atoms with Crippen molar-refractivity contribution < 1.29 is 23.7 Å². The second-order valence-corrected chi connectivity index (χ2v) is 5.81. The SMILES string of the molecule is COc1cc(OC)c(OC)cc1/C=C/COC(=O)/C=C/c1cccc(Cl)c1. The Hall–Kier alpha value is -2.92. The Morgan fingerprint density at radius 2 is 1.67 bits per heavy atom. The van der Waals surface area contributed by atoms with E-state index < -0.39 is 5.97 Å². The molecule has 2 rings (SSSR count). The average Bonchev–Trinajstić information content (AvgIpc) is 2.69. The van der Waals surface area contributed by atoms with Crippen LogP contribution in [0.1, 0.15) is 11.1 Å². The fourth-order valence-electron chi connectivity index (χ4n) is 2.31. The highest BCUT2D eigenvalue weighted by atomic mass is 35.5. The zero-order valence-corrected chi connectivity index (χ0v) is 16.2. The van der Waals surface area contributed by atoms with Gasteiger partial charge < -0.3 is 18.9 Å². The van der Waals surface area contributed by atoms with Crippen molar-refractivity contribution in [3.05, 3.63) is 64.7 Å². The topological polar surface area (TPSA) is 54.0 Å². The lowest BCUT2D eigenvalue weighted by atomic mass is 10.1. The number of carbonyl (C=O) groups is 1. The van der Waals surface area contributed by atoms with Crippen LogP contribution < -0.4 is 14.2 Å². The lowest BCUT2D eigenvalue weighted by molar-refractivity contribution is -0.136. The summed E-state index contributed by atoms with van der Waals surface area (Å²) in [5.74, 6) is 1.33. The molecule has 5 nitrogen and oxygen atoms in total. The maximum atomic E-state index is 11.8. The number of rotatable bonds is 8. The molecule has 0 aliphatic carbocycles. The minimum absolute atomic E-state index is 0.121. The molecule has 6 heteroatoms. The third-order valence-corrected chi connectivity index (χ3v) is 3.85. The number of ether oxygens (including phenoxy) is 4. The molecule has 0 aliphatic heterocycles. The third kappa shape index (κ3) is 6.08. The Kier molecular flexibility index (Phi) is 7.77. The fourth-order valence-corrected chi connectivity index (χ4v) is 2.51. The number of esters is 1. The zero-order chi connectivity index (χ0) is 19.6. The number of hydrogen-bond donors (Lipinski definition) is 0. The van der Waals surface area contributed by atoms with Crippen molar-refractivity contribution in [3.63, 3.8) is 0 Å². The normalized spacial score (nSPS) is 11.0. The first kappa shape index (κ1) is 20.4. The van der Waals surface area contributed by atoms with Gasteiger partial charge in [-0.3, -0.25) is 0 Å². The van der Waals surface area contributed by atoms with Crippen LogP contribution in [0, 0.1) is 0 Å². The van der Waals surface area contributed by atoms with Gasteiger partial charge >= 0.3 is 5.97 Å². The molecule has 0 aromatic heterocycles. The van der Waals surface area contributed by atoms with Crippen LogP contribution in [-0.2, 0) is 9.53 Å². The summed E-state index contributed by atoms with van der Waals surface area (Å²) < 4.78 is 21.0. The smallest absolute Gasteiger partial charge is 0.331 e. The standard InChI is InChI=1S/C21H21ClO5/c1-24-18-14-20(26-3)19(25-2)13-16(18)7-5-11-27-21(23)10-9-15-6-4-8-17(22)12-15/h4-10,12-14H,11H2,1-3H3/b7-5+,10-9+. The van der Waals surface area contributed by atoms with Crippen molar-refractivity contribution >= 4 is 29.7 Å². The van der Waals surface area contributed by atoms with Gasteiger partial charge in [0.1, 0.15) is 12.4 Å². The van der Waals surface area contributed by atoms with Crippen molar-refractivity contribution in [2.24, 2.45) is 0 Å². The molecule has 0 saturated carbocycles. The van der Waals surface area contributed by atoms with Gasteiger partial charge in [0, 0.05) is 22.7 Å². The van der Waals surface area contributed by atoms with Crippen LogP contribution in [0.5, 0.6) is 17.2 Å². The molecule has 0 saturated heterocycles. The van der Waals surface area contributed by atoms with Gasteiger partial charge in [0.05, 0.1) is 21.3 Å². The molecule has 0 N–H and O–H groups in total. The molecule has 0 fully saturated rings. The summed E-state index contributed by atoms with van der Waals surface area (Å²) in [6.07, 6.45) is 6.51. The molecule has 0 spiro atoms. The van der Waals surface area contributed by atoms with Gasteiger partial charge in [0.2, 0.25) is 0 Å². The summed E-state index contributed by atoms with van der Waals surface area (Å²) in [4.78, 5) is 11.8. The predicted octanol–water partition coefficient (Wildman–Crippen LogP) is 4.64. The molecule has 2 aromatic carbocycles. The van der Waals surface area contributed by atoms with E-state index in [1.165, 1.54) is 6.08 Å². The molecule has 0 bridgehead atoms. The first-order chi connectivity index (χ1) is 13.1. The maximum absolute atomic E-state index is 11.8. The van der Waals surface area contributed by atoms with Crippen LogP contribution in [0.2, 0.25) is 5.02 Å². The average molecular weight is 389 g/mol. The lowest BCUT2D eigenvalue weighted by Crippen LogP contribution is -2.00. The van der Waals surface area contributed by atoms with Crippen molar-refractivity contribution in [2.75, 3.05) is 27.9 Å². The first-order valence-corrected chi connectivity index (χ1v) is 8.52. The van der Waals surface area contributed by atoms with Crippen LogP contribution in [0.25, 0.3) is 12.2 Å². The summed E-state index contributed by atoms with van der Waals surface area (Å²) in [5, 5.41) is 0.609. The second kappa shape index (κ2) is 10.3. The second-order valence-electron chi connectivity index (χ2n) is 5.37. The van der Waals surface area contributed by atoms with E-state index >= 15 is 0 Å². The van der Waals surface area contributed by atoms with Gasteiger partial charge in [-0.1, -0.05) is 29.8 Å². The summed E-state index contributed by atoms with van der Waals surface area (Å²) in [6.45, 7) is 0.121. The Morgan fingerprint density at radius 1 is 0.963 bits per heavy atom. The largest absolute Gasteiger partial charge is 0.496 e. The van der Waals surface area contributed by atoms with Crippen LogP contribution in [0.3, 0.4) is 0 Å². The van der Waals surface area contributed by atoms with Gasteiger partial charge in [-0.05, 0) is 35.9 Å². The van der Waals surface area contributed by atoms with Gasteiger partial charge in [-0.15, -0.1) is 0 Å². The summed E-state index contributed by atoms with van der Waals surface area (Å²) in [5.41, 5.74) is 1.60. The number of methoxy groups -OCH3 is 3. The van der Waals surface area contributed by atoms with Gasteiger partial charge in [-0.25, -0.2) is 4.79 Å². The molecule has 0 aliphatic rings. The van der Waals surface area contributed by atoms with E-state index in [0.717, 1.165) is 11.1 Å². The van der Waals surface area contributed by atoms with Crippen LogP contribution >= 0.6 is 11.6 Å². The molecule has 142 valence electrons. The van der Waals surface area contributed by atoms with E-state index in [1.54, 1.807) is 63.8 Å². The molecular weight excluding hydrogens is 368 g/mol. The van der Waals surface area contributed by atoms with E-state index in [2.05, 4.69) is 0 Å². The number of halogens is 1. The van der Waals surface area contributed by atoms with Crippen molar-refractivity contribution in [3.8, 4) is 17.2 Å². The highest BCUT2D eigenvalue weighted by Crippen LogP contribution is 2.35. The zero-order valence-electron chi connectivity index (χ0n) is 15.4. The van der Waals surface area contributed by atoms with Crippen LogP contribution in [-0.4, -0.2) is 33.9 Å². The Labute approximate surface area is 163 Å². The van der Waals surface area contributed by atoms with Crippen molar-refractivity contribution in [1.82, 2.24) is 0 Å². The van der Waals surface area contributed by atoms with Gasteiger partial charge in [-0.2, -0.15) is 0 Å². The summed E-state index contributed by atoms with van der Waals surface area (Å²) in [6, 6.07) is 10.7. The molecule has 0 heterocycles. The van der Waals surface area contributed by atoms with E-state index in [1.807, 2.05) is 12.1 Å². The van der Waals surface area contributed by atoms with E-state index in [-0.39, 0.29) is 6.61 Å². The molecule has 2 aromatic rings. The van der Waals surface area contributed by atoms with Crippen molar-refractivity contribution in [1.29, 1.82) is 0 Å². The Balaban J connectivity index is 1.96. The first-order valence-electron chi connectivity index (χ1n) is 8.14. The molecule has 0 amide bonds. The fraction of sp³-hybridized carbons (Fsp3) is 0.190. The molecule has 0 atom stereocenters. The lowest BCUT2D eigenvalue weighted by Gasteiger charge is -2.12. The third-order valence-electron chi connectivity index (χ3n) is 3.62. The van der Waals surface area contributed by atoms with Gasteiger partial charge in [0.15, 0.2) is 11.5 Å². The maximum Gasteiger partial charge on any atom is 0.331 e. The van der Waals surface area contributed by atoms with E-state index in [9.17, 15) is 4.79 Å². The quantitative estimate of drug-likeness (QED) is 0.487. The van der Waals surface area contributed by atoms with Crippen molar-refractivity contribution in [2.45, 2.75) is 0 Å². The number of benzene rings is 2. The Bertz CT molecular complexity index is 842. The number of carbonyl (C=O) groups excluding carboxylic acids is 1. The van der Waals surface area contributed by atoms with E-state index in [0.29, 0.717) is 22.3 Å². The van der Waals surface area contributed by atoms with Gasteiger partial charge in [0.25, 0.3) is 0 Å². The minimum atomic E-state index is -0.445. The minimum Gasteiger partial charge on any atom is -0.496 e. The summed E-state index contributed by atoms with van der Waals surface area (Å²) in [7, 11) is 4.69. The molecule has 0 unspecified atom stereocenters. The highest BCUT2D eigenvalue weighted by molar-refractivity contribution is 6.30. The van der Waals surface area contributed by atoms with Crippen LogP contribution in [0.4, 0.5) is 0 Å². The molecule has 0 radical (unpaired) electrons.